The van der Waals surface area contributed by atoms with Gasteiger partial charge in [0, 0.05) is 25.4 Å². The highest BCUT2D eigenvalue weighted by Gasteiger charge is 2.26. The minimum absolute atomic E-state index is 0.0415. The van der Waals surface area contributed by atoms with Crippen molar-refractivity contribution in [3.63, 3.8) is 0 Å². The van der Waals surface area contributed by atoms with E-state index in [1.165, 1.54) is 0 Å². The van der Waals surface area contributed by atoms with Gasteiger partial charge in [0.05, 0.1) is 13.3 Å². The van der Waals surface area contributed by atoms with E-state index in [0.29, 0.717) is 30.1 Å². The summed E-state index contributed by atoms with van der Waals surface area (Å²) in [6.07, 6.45) is 4.24. The van der Waals surface area contributed by atoms with E-state index in [2.05, 4.69) is 15.4 Å². The largest absolute Gasteiger partial charge is 0.497 e. The highest BCUT2D eigenvalue weighted by Crippen LogP contribution is 2.32. The first kappa shape index (κ1) is 16.6. The summed E-state index contributed by atoms with van der Waals surface area (Å²) in [5, 5.41) is 20.2. The number of ether oxygens (including phenoxy) is 1. The number of carboxylic acids is 1. The molecule has 8 heteroatoms. The molecule has 2 aromatic heterocycles. The molecule has 8 nitrogen and oxygen atoms in total. The van der Waals surface area contributed by atoms with Crippen LogP contribution in [0.4, 0.5) is 5.82 Å². The fourth-order valence-corrected chi connectivity index (χ4v) is 2.49. The molecule has 0 bridgehead atoms. The first-order chi connectivity index (χ1) is 12.1. The SMILES string of the molecule is COc1ccc(-c2onc(N(C)CCc3cn[nH]c3)c2C(=O)O)cc1. The number of benzene rings is 1. The zero-order valence-electron chi connectivity index (χ0n) is 13.9. The number of aromatic nitrogens is 3. The lowest BCUT2D eigenvalue weighted by atomic mass is 10.1. The number of carbonyl (C=O) groups is 1. The minimum Gasteiger partial charge on any atom is -0.497 e. The van der Waals surface area contributed by atoms with Crippen molar-refractivity contribution in [2.45, 2.75) is 6.42 Å². The molecule has 0 amide bonds. The number of hydrogen-bond acceptors (Lipinski definition) is 6. The van der Waals surface area contributed by atoms with Crippen LogP contribution in [-0.2, 0) is 6.42 Å². The van der Waals surface area contributed by atoms with Crippen LogP contribution in [0.2, 0.25) is 0 Å². The van der Waals surface area contributed by atoms with Gasteiger partial charge in [-0.25, -0.2) is 4.79 Å². The van der Waals surface area contributed by atoms with Crippen molar-refractivity contribution in [3.05, 3.63) is 47.8 Å². The standard InChI is InChI=1S/C17H18N4O4/c1-21(8-7-11-9-18-19-10-11)16-14(17(22)23)15(25-20-16)12-3-5-13(24-2)6-4-12/h3-6,9-10H,7-8H2,1-2H3,(H,18,19)(H,22,23). The number of nitrogens with one attached hydrogen (secondary N) is 1. The molecule has 0 fully saturated rings. The molecule has 0 saturated carbocycles. The van der Waals surface area contributed by atoms with E-state index in [9.17, 15) is 9.90 Å². The van der Waals surface area contributed by atoms with Gasteiger partial charge in [-0.2, -0.15) is 5.10 Å². The quantitative estimate of drug-likeness (QED) is 0.679. The van der Waals surface area contributed by atoms with E-state index in [1.807, 2.05) is 0 Å². The number of rotatable bonds is 7. The molecule has 25 heavy (non-hydrogen) atoms. The van der Waals surface area contributed by atoms with E-state index in [4.69, 9.17) is 9.26 Å². The van der Waals surface area contributed by atoms with Gasteiger partial charge in [-0.15, -0.1) is 0 Å². The van der Waals surface area contributed by atoms with Crippen LogP contribution in [0.25, 0.3) is 11.3 Å². The molecule has 0 radical (unpaired) electrons. The van der Waals surface area contributed by atoms with Crippen molar-refractivity contribution in [1.29, 1.82) is 0 Å². The van der Waals surface area contributed by atoms with Crippen molar-refractivity contribution in [1.82, 2.24) is 15.4 Å². The summed E-state index contributed by atoms with van der Waals surface area (Å²) in [5.41, 5.74) is 1.70. The zero-order chi connectivity index (χ0) is 17.8. The number of H-pyrrole nitrogens is 1. The summed E-state index contributed by atoms with van der Waals surface area (Å²) >= 11 is 0. The van der Waals surface area contributed by atoms with E-state index < -0.39 is 5.97 Å². The second-order valence-corrected chi connectivity index (χ2v) is 5.52. The van der Waals surface area contributed by atoms with Gasteiger partial charge in [-0.1, -0.05) is 5.16 Å². The summed E-state index contributed by atoms with van der Waals surface area (Å²) in [6, 6.07) is 6.96. The maximum atomic E-state index is 11.8. The fraction of sp³-hybridized carbons (Fsp3) is 0.235. The molecule has 3 aromatic rings. The van der Waals surface area contributed by atoms with Crippen molar-refractivity contribution in [2.24, 2.45) is 0 Å². The average Bonchev–Trinajstić information content (AvgIpc) is 3.29. The molecule has 130 valence electrons. The molecule has 3 rings (SSSR count). The summed E-state index contributed by atoms with van der Waals surface area (Å²) in [7, 11) is 3.35. The number of likely N-dealkylation sites (N-methyl/N-ethyl adjacent to an activating group) is 1. The molecule has 0 unspecified atom stereocenters. The lowest BCUT2D eigenvalue weighted by Crippen LogP contribution is -2.22. The van der Waals surface area contributed by atoms with Crippen molar-refractivity contribution >= 4 is 11.8 Å². The van der Waals surface area contributed by atoms with E-state index in [-0.39, 0.29) is 11.3 Å². The van der Waals surface area contributed by atoms with Crippen molar-refractivity contribution < 1.29 is 19.2 Å². The molecule has 0 aliphatic carbocycles. The first-order valence-corrected chi connectivity index (χ1v) is 7.66. The van der Waals surface area contributed by atoms with Gasteiger partial charge in [0.15, 0.2) is 17.1 Å². The molecule has 2 heterocycles. The Morgan fingerprint density at radius 2 is 2.12 bits per heavy atom. The van der Waals surface area contributed by atoms with Crippen molar-refractivity contribution in [2.75, 3.05) is 25.6 Å². The van der Waals surface area contributed by atoms with Crippen LogP contribution in [0.15, 0.2) is 41.2 Å². The maximum absolute atomic E-state index is 11.8. The van der Waals surface area contributed by atoms with Crippen LogP contribution in [0.3, 0.4) is 0 Å². The topological polar surface area (TPSA) is 104 Å². The van der Waals surface area contributed by atoms with Crippen LogP contribution in [0.5, 0.6) is 5.75 Å². The Balaban J connectivity index is 1.87. The third-order valence-corrected chi connectivity index (χ3v) is 3.89. The van der Waals surface area contributed by atoms with Crippen LogP contribution in [0.1, 0.15) is 15.9 Å². The van der Waals surface area contributed by atoms with Gasteiger partial charge in [-0.05, 0) is 36.2 Å². The Bertz CT molecular complexity index is 840. The molecule has 1 aromatic carbocycles. The molecule has 0 saturated heterocycles. The molecule has 0 aliphatic rings. The summed E-state index contributed by atoms with van der Waals surface area (Å²) in [4.78, 5) is 13.5. The second kappa shape index (κ2) is 7.08. The van der Waals surface area contributed by atoms with E-state index in [1.54, 1.807) is 55.7 Å². The number of nitrogens with zero attached hydrogens (tertiary/aromatic N) is 3. The Kier molecular flexibility index (Phi) is 4.69. The van der Waals surface area contributed by atoms with Gasteiger partial charge in [0.2, 0.25) is 0 Å². The van der Waals surface area contributed by atoms with Gasteiger partial charge in [0.1, 0.15) is 5.75 Å². The van der Waals surface area contributed by atoms with E-state index >= 15 is 0 Å². The number of carboxylic acid groups (broad SMARTS) is 1. The second-order valence-electron chi connectivity index (χ2n) is 5.52. The Morgan fingerprint density at radius 1 is 1.36 bits per heavy atom. The third kappa shape index (κ3) is 3.47. The van der Waals surface area contributed by atoms with Crippen LogP contribution in [-0.4, -0.2) is 47.1 Å². The van der Waals surface area contributed by atoms with Gasteiger partial charge < -0.3 is 19.3 Å². The normalized spacial score (nSPS) is 10.6. The van der Waals surface area contributed by atoms with Gasteiger partial charge >= 0.3 is 5.97 Å². The molecule has 2 N–H and O–H groups in total. The lowest BCUT2D eigenvalue weighted by Gasteiger charge is -2.15. The van der Waals surface area contributed by atoms with Crippen LogP contribution < -0.4 is 9.64 Å². The Morgan fingerprint density at radius 3 is 2.72 bits per heavy atom. The van der Waals surface area contributed by atoms with Crippen molar-refractivity contribution in [3.8, 4) is 17.1 Å². The lowest BCUT2D eigenvalue weighted by molar-refractivity contribution is 0.0698. The summed E-state index contributed by atoms with van der Waals surface area (Å²) in [6.45, 7) is 0.578. The van der Waals surface area contributed by atoms with Gasteiger partial charge in [-0.3, -0.25) is 5.10 Å². The maximum Gasteiger partial charge on any atom is 0.343 e. The number of hydrogen-bond donors (Lipinski definition) is 2. The number of anilines is 1. The third-order valence-electron chi connectivity index (χ3n) is 3.89. The zero-order valence-corrected chi connectivity index (χ0v) is 13.9. The van der Waals surface area contributed by atoms with Crippen LogP contribution >= 0.6 is 0 Å². The smallest absolute Gasteiger partial charge is 0.343 e. The monoisotopic (exact) mass is 342 g/mol. The summed E-state index contributed by atoms with van der Waals surface area (Å²) in [5.74, 6) is 0.108. The number of methoxy groups -OCH3 is 1. The number of aromatic amines is 1. The van der Waals surface area contributed by atoms with Crippen LogP contribution in [0, 0.1) is 0 Å². The predicted molar refractivity (Wildman–Crippen MR) is 91.0 cm³/mol. The minimum atomic E-state index is -1.09. The molecular weight excluding hydrogens is 324 g/mol. The van der Waals surface area contributed by atoms with E-state index in [0.717, 1.165) is 5.56 Å². The molecule has 0 aliphatic heterocycles. The highest BCUT2D eigenvalue weighted by atomic mass is 16.5. The highest BCUT2D eigenvalue weighted by molar-refractivity contribution is 5.99. The predicted octanol–water partition coefficient (Wildman–Crippen LogP) is 2.45. The fourth-order valence-electron chi connectivity index (χ4n) is 2.49. The summed E-state index contributed by atoms with van der Waals surface area (Å²) < 4.78 is 10.5. The van der Waals surface area contributed by atoms with Gasteiger partial charge in [0.25, 0.3) is 0 Å². The number of aromatic carboxylic acids is 1. The first-order valence-electron chi connectivity index (χ1n) is 7.66. The molecule has 0 atom stereocenters. The Labute approximate surface area is 144 Å². The molecule has 0 spiro atoms. The average molecular weight is 342 g/mol. The molecular formula is C17H18N4O4. The Hall–Kier alpha value is -3.29.